The number of hydrogen-bond donors (Lipinski definition) is 1. The van der Waals surface area contributed by atoms with Gasteiger partial charge in [0.15, 0.2) is 0 Å². The van der Waals surface area contributed by atoms with Crippen LogP contribution in [-0.2, 0) is 11.4 Å². The molecule has 0 fully saturated rings. The summed E-state index contributed by atoms with van der Waals surface area (Å²) >= 11 is -2.86. The third-order valence-corrected chi connectivity index (χ3v) is 1.11. The maximum atomic E-state index is 11.6. The minimum Gasteiger partial charge on any atom is -0.750 e. The lowest BCUT2D eigenvalue weighted by molar-refractivity contribution is -0.419. The van der Waals surface area contributed by atoms with Crippen molar-refractivity contribution in [2.75, 3.05) is 0 Å². The van der Waals surface area contributed by atoms with Gasteiger partial charge >= 0.3 is 24.2 Å². The van der Waals surface area contributed by atoms with Gasteiger partial charge in [0, 0.05) is 0 Å². The van der Waals surface area contributed by atoms with Crippen LogP contribution in [0.5, 0.6) is 0 Å². The topological polar surface area (TPSA) is 60.4 Å². The zero-order valence-corrected chi connectivity index (χ0v) is 8.27. The molecule has 0 aliphatic carbocycles. The lowest BCUT2D eigenvalue weighted by atomic mass is 10.1. The van der Waals surface area contributed by atoms with Gasteiger partial charge in [0.2, 0.25) is 0 Å². The summed E-state index contributed by atoms with van der Waals surface area (Å²) in [6.45, 7) is 0. The molecule has 0 aromatic carbocycles. The summed E-state index contributed by atoms with van der Waals surface area (Å²) in [6.07, 6.45) is -13.9. The molecular formula is C4HF10O3S-. The average Bonchev–Trinajstić information content (AvgIpc) is 1.97. The Kier molecular flexibility index (Phi) is 6.09. The molecule has 0 aliphatic rings. The fourth-order valence-electron chi connectivity index (χ4n) is 0.356. The van der Waals surface area contributed by atoms with E-state index in [1.54, 1.807) is 0 Å². The quantitative estimate of drug-likeness (QED) is 0.597. The Labute approximate surface area is 93.9 Å². The van der Waals surface area contributed by atoms with Crippen molar-refractivity contribution in [3.63, 3.8) is 0 Å². The van der Waals surface area contributed by atoms with E-state index in [0.29, 0.717) is 0 Å². The van der Waals surface area contributed by atoms with Crippen LogP contribution in [0, 0.1) is 0 Å². The molecule has 1 N–H and O–H groups in total. The van der Waals surface area contributed by atoms with E-state index < -0.39 is 35.6 Å². The molecule has 0 heterocycles. The van der Waals surface area contributed by atoms with Gasteiger partial charge in [-0.25, -0.2) is 4.21 Å². The summed E-state index contributed by atoms with van der Waals surface area (Å²) in [5, 5.41) is 0. The molecule has 0 saturated heterocycles. The molecule has 1 unspecified atom stereocenters. The van der Waals surface area contributed by atoms with Crippen molar-refractivity contribution in [1.82, 2.24) is 0 Å². The van der Waals surface area contributed by atoms with Gasteiger partial charge in [0.25, 0.3) is 0 Å². The molecule has 14 heteroatoms. The van der Waals surface area contributed by atoms with Crippen LogP contribution in [0.4, 0.5) is 43.9 Å². The van der Waals surface area contributed by atoms with Crippen LogP contribution < -0.4 is 0 Å². The minimum atomic E-state index is -7.14. The van der Waals surface area contributed by atoms with Crippen molar-refractivity contribution in [3.05, 3.63) is 0 Å². The minimum absolute atomic E-state index is 2.86. The summed E-state index contributed by atoms with van der Waals surface area (Å²) in [6, 6.07) is 0. The molecule has 18 heavy (non-hydrogen) atoms. The largest absolute Gasteiger partial charge is 0.750 e. The number of halogens is 10. The van der Waals surface area contributed by atoms with Crippen LogP contribution in [0.1, 0.15) is 0 Å². The van der Waals surface area contributed by atoms with Crippen molar-refractivity contribution in [3.8, 4) is 0 Å². The second-order valence-electron chi connectivity index (χ2n) is 2.36. The predicted molar refractivity (Wildman–Crippen MR) is 33.6 cm³/mol. The van der Waals surface area contributed by atoms with E-state index in [1.165, 1.54) is 0 Å². The van der Waals surface area contributed by atoms with Crippen LogP contribution in [0.3, 0.4) is 0 Å². The standard InChI is InChI=1S/C4F10.H2O3S/c5-1(6,3(9,10)11)2(7,8)4(12,13)14;1-4(2)3/h;(H2,1,2,3)/p-1. The molecule has 0 aromatic rings. The van der Waals surface area contributed by atoms with Gasteiger partial charge in [-0.1, -0.05) is 0 Å². The van der Waals surface area contributed by atoms with Crippen LogP contribution in [0.15, 0.2) is 0 Å². The molecule has 0 rings (SSSR count). The zero-order chi connectivity index (χ0) is 15.6. The van der Waals surface area contributed by atoms with Crippen molar-refractivity contribution in [2.45, 2.75) is 24.2 Å². The van der Waals surface area contributed by atoms with Gasteiger partial charge in [-0.3, -0.25) is 0 Å². The molecule has 112 valence electrons. The predicted octanol–water partition coefficient (Wildman–Crippen LogP) is 2.72. The van der Waals surface area contributed by atoms with Crippen molar-refractivity contribution >= 4 is 11.4 Å². The Bertz CT molecular complexity index is 264. The van der Waals surface area contributed by atoms with E-state index in [4.69, 9.17) is 13.3 Å². The molecule has 0 bridgehead atoms. The molecule has 3 nitrogen and oxygen atoms in total. The molecule has 0 saturated carbocycles. The molecule has 0 radical (unpaired) electrons. The smallest absolute Gasteiger partial charge is 0.460 e. The van der Waals surface area contributed by atoms with Crippen molar-refractivity contribution in [1.29, 1.82) is 0 Å². The monoisotopic (exact) mass is 319 g/mol. The fraction of sp³-hybridized carbons (Fsp3) is 1.00. The van der Waals surface area contributed by atoms with Gasteiger partial charge in [0.1, 0.15) is 0 Å². The van der Waals surface area contributed by atoms with Crippen molar-refractivity contribution < 1.29 is 57.2 Å². The molecular weight excluding hydrogens is 318 g/mol. The first-order valence-corrected chi connectivity index (χ1v) is 4.19. The summed E-state index contributed by atoms with van der Waals surface area (Å²) in [7, 11) is 0. The third kappa shape index (κ3) is 4.56. The molecule has 0 amide bonds. The van der Waals surface area contributed by atoms with Crippen LogP contribution in [0.2, 0.25) is 0 Å². The van der Waals surface area contributed by atoms with E-state index >= 15 is 0 Å². The first-order valence-electron chi connectivity index (χ1n) is 3.16. The second-order valence-corrected chi connectivity index (χ2v) is 2.80. The fourth-order valence-corrected chi connectivity index (χ4v) is 0.356. The summed E-state index contributed by atoms with van der Waals surface area (Å²) in [5.74, 6) is -14.3. The maximum absolute atomic E-state index is 11.6. The van der Waals surface area contributed by atoms with E-state index in [1.807, 2.05) is 0 Å². The normalized spacial score (nSPS) is 15.8. The number of alkyl halides is 10. The van der Waals surface area contributed by atoms with Crippen molar-refractivity contribution in [2.24, 2.45) is 0 Å². The highest BCUT2D eigenvalue weighted by Gasteiger charge is 2.82. The lowest BCUT2D eigenvalue weighted by Gasteiger charge is -2.29. The van der Waals surface area contributed by atoms with E-state index in [9.17, 15) is 43.9 Å². The highest BCUT2D eigenvalue weighted by Crippen LogP contribution is 2.53. The Morgan fingerprint density at radius 1 is 0.722 bits per heavy atom. The molecule has 0 aliphatic heterocycles. The van der Waals surface area contributed by atoms with Crippen LogP contribution in [0.25, 0.3) is 0 Å². The summed E-state index contributed by atoms with van der Waals surface area (Å²) in [5.41, 5.74) is 0. The van der Waals surface area contributed by atoms with Gasteiger partial charge in [-0.05, 0) is 0 Å². The van der Waals surface area contributed by atoms with E-state index in [0.717, 1.165) is 0 Å². The Hall–Kier alpha value is -0.630. The molecule has 1 atom stereocenters. The van der Waals surface area contributed by atoms with Gasteiger partial charge in [-0.2, -0.15) is 43.9 Å². The summed E-state index contributed by atoms with van der Waals surface area (Å²) < 4.78 is 137. The third-order valence-electron chi connectivity index (χ3n) is 1.11. The average molecular weight is 319 g/mol. The SMILES string of the molecule is FC(F)(F)C(F)(F)C(F)(F)C(F)(F)F.O=S([O-])O. The number of rotatable bonds is 1. The van der Waals surface area contributed by atoms with E-state index in [-0.39, 0.29) is 0 Å². The Morgan fingerprint density at radius 3 is 0.889 bits per heavy atom. The first-order chi connectivity index (χ1) is 7.48. The van der Waals surface area contributed by atoms with E-state index in [2.05, 4.69) is 0 Å². The zero-order valence-electron chi connectivity index (χ0n) is 7.45. The molecule has 0 aromatic heterocycles. The lowest BCUT2D eigenvalue weighted by Crippen LogP contribution is -2.59. The second kappa shape index (κ2) is 5.56. The molecule has 0 spiro atoms. The number of hydrogen-bond acceptors (Lipinski definition) is 2. The van der Waals surface area contributed by atoms with Gasteiger partial charge in [-0.15, -0.1) is 0 Å². The maximum Gasteiger partial charge on any atom is 0.460 e. The van der Waals surface area contributed by atoms with Crippen LogP contribution >= 0.6 is 0 Å². The van der Waals surface area contributed by atoms with Crippen LogP contribution in [-0.4, -0.2) is 37.5 Å². The van der Waals surface area contributed by atoms with Gasteiger partial charge in [0.05, 0.1) is 11.4 Å². The highest BCUT2D eigenvalue weighted by molar-refractivity contribution is 7.73. The highest BCUT2D eigenvalue weighted by atomic mass is 32.2. The first kappa shape index (κ1) is 19.7. The van der Waals surface area contributed by atoms with Gasteiger partial charge < -0.3 is 9.11 Å². The Morgan fingerprint density at radius 2 is 0.833 bits per heavy atom. The summed E-state index contributed by atoms with van der Waals surface area (Å²) in [4.78, 5) is 0. The Balaban J connectivity index is 0.